The van der Waals surface area contributed by atoms with E-state index in [9.17, 15) is 45.6 Å². The predicted molar refractivity (Wildman–Crippen MR) is 323 cm³/mol. The molecule has 0 aromatic heterocycles. The maximum Gasteiger partial charge on any atom is 0.224 e. The zero-order valence-corrected chi connectivity index (χ0v) is 49.5. The first-order valence-electron chi connectivity index (χ1n) is 31.5. The molecule has 0 bridgehead atoms. The van der Waals surface area contributed by atoms with Crippen molar-refractivity contribution in [1.82, 2.24) is 5.32 Å². The second kappa shape index (κ2) is 50.4. The van der Waals surface area contributed by atoms with Crippen LogP contribution in [0.15, 0.2) is 97.2 Å². The minimum atomic E-state index is -1.81. The minimum absolute atomic E-state index is 0.0327. The summed E-state index contributed by atoms with van der Waals surface area (Å²) < 4.78 is 22.7. The largest absolute Gasteiger partial charge is 0.394 e. The van der Waals surface area contributed by atoms with Crippen LogP contribution in [0.2, 0.25) is 0 Å². The van der Waals surface area contributed by atoms with Gasteiger partial charge in [-0.05, 0) is 70.6 Å². The van der Waals surface area contributed by atoms with E-state index in [1.54, 1.807) is 12.2 Å². The van der Waals surface area contributed by atoms with Crippen LogP contribution in [0.3, 0.4) is 0 Å². The van der Waals surface area contributed by atoms with Crippen molar-refractivity contribution in [2.24, 2.45) is 0 Å². The van der Waals surface area contributed by atoms with Gasteiger partial charge in [0.15, 0.2) is 12.6 Å². The number of rotatable bonds is 49. The molecule has 2 aliphatic heterocycles. The van der Waals surface area contributed by atoms with Crippen LogP contribution in [0.5, 0.6) is 0 Å². The van der Waals surface area contributed by atoms with Gasteiger partial charge in [0.05, 0.1) is 32.0 Å². The van der Waals surface area contributed by atoms with Gasteiger partial charge in [0.2, 0.25) is 5.91 Å². The maximum absolute atomic E-state index is 13.2. The molecule has 1 amide bonds. The molecule has 2 saturated heterocycles. The van der Waals surface area contributed by atoms with Crippen molar-refractivity contribution in [1.29, 1.82) is 0 Å². The van der Waals surface area contributed by atoms with Crippen LogP contribution in [-0.2, 0) is 23.7 Å². The number of ether oxygens (including phenoxy) is 4. The molecule has 0 saturated carbocycles. The molecule has 2 rings (SSSR count). The van der Waals surface area contributed by atoms with Crippen LogP contribution in [0, 0.1) is 0 Å². The van der Waals surface area contributed by atoms with Gasteiger partial charge in [0.25, 0.3) is 0 Å². The summed E-state index contributed by atoms with van der Waals surface area (Å²) in [5, 5.41) is 86.9. The highest BCUT2D eigenvalue weighted by Crippen LogP contribution is 2.30. The first-order valence-corrected chi connectivity index (χ1v) is 31.5. The molecule has 14 heteroatoms. The van der Waals surface area contributed by atoms with E-state index in [0.29, 0.717) is 12.8 Å². The maximum atomic E-state index is 13.2. The summed E-state index contributed by atoms with van der Waals surface area (Å²) in [6.45, 7) is 2.59. The zero-order chi connectivity index (χ0) is 58.1. The number of unbranched alkanes of at least 4 members (excludes halogenated alkanes) is 23. The number of amides is 1. The molecule has 14 nitrogen and oxygen atoms in total. The smallest absolute Gasteiger partial charge is 0.224 e. The van der Waals surface area contributed by atoms with Gasteiger partial charge < -0.3 is 65.1 Å². The molecule has 0 aromatic rings. The van der Waals surface area contributed by atoms with Crippen molar-refractivity contribution < 1.29 is 64.6 Å². The lowest BCUT2D eigenvalue weighted by Crippen LogP contribution is -2.65. The highest BCUT2D eigenvalue weighted by molar-refractivity contribution is 5.77. The van der Waals surface area contributed by atoms with Gasteiger partial charge in [-0.1, -0.05) is 239 Å². The van der Waals surface area contributed by atoms with E-state index in [1.807, 2.05) is 18.2 Å². The van der Waals surface area contributed by atoms with E-state index in [4.69, 9.17) is 18.9 Å². The number of aliphatic hydroxyl groups is 8. The fourth-order valence-electron chi connectivity index (χ4n) is 9.74. The summed E-state index contributed by atoms with van der Waals surface area (Å²) in [5.74, 6) is -0.383. The fourth-order valence-corrected chi connectivity index (χ4v) is 9.74. The summed E-state index contributed by atoms with van der Waals surface area (Å²) in [6.07, 6.45) is 53.7. The number of carbonyl (C=O) groups excluding carboxylic acids is 1. The zero-order valence-electron chi connectivity index (χ0n) is 49.5. The molecule has 12 atom stereocenters. The minimum Gasteiger partial charge on any atom is -0.394 e. The standard InChI is InChI=1S/C66H113NO13/c1-3-5-7-9-11-13-15-17-19-20-21-22-23-24-25-26-27-28-29-30-31-32-33-34-36-37-39-41-43-45-47-49-55(70)54(67-58(71)50-48-46-44-42-40-38-35-18-16-14-12-10-8-6-4-2)53-77-65-63(76)61(74)64(57(52-69)79-65)80-66-62(75)60(73)59(72)56(51-68)78-66/h6,8,12,14,18,33-35,39-42,46-49,54-57,59-66,68-70,72-76H,3-5,7,9-11,13,15-17,19-32,36-38,43-45,50-53H2,1-2H3,(H,67,71)/b8-6-,14-12-,34-33+,35-18-,41-39+,42-40-,48-46-,49-47+. The van der Waals surface area contributed by atoms with E-state index in [1.165, 1.54) is 135 Å². The van der Waals surface area contributed by atoms with Crippen LogP contribution in [0.25, 0.3) is 0 Å². The first-order chi connectivity index (χ1) is 39.1. The van der Waals surface area contributed by atoms with Crippen LogP contribution in [0.1, 0.15) is 219 Å². The number of aliphatic hydroxyl groups excluding tert-OH is 8. The molecule has 2 fully saturated rings. The molecule has 460 valence electrons. The van der Waals surface area contributed by atoms with Gasteiger partial charge in [-0.2, -0.15) is 0 Å². The Kier molecular flexibility index (Phi) is 46.0. The Bertz CT molecular complexity index is 1710. The molecule has 80 heavy (non-hydrogen) atoms. The van der Waals surface area contributed by atoms with Crippen molar-refractivity contribution in [3.05, 3.63) is 97.2 Å². The number of hydrogen-bond acceptors (Lipinski definition) is 13. The van der Waals surface area contributed by atoms with Crippen LogP contribution in [-0.4, -0.2) is 140 Å². The van der Waals surface area contributed by atoms with E-state index < -0.39 is 86.8 Å². The third-order valence-electron chi connectivity index (χ3n) is 14.8. The van der Waals surface area contributed by atoms with E-state index >= 15 is 0 Å². The van der Waals surface area contributed by atoms with Gasteiger partial charge in [-0.25, -0.2) is 0 Å². The lowest BCUT2D eigenvalue weighted by molar-refractivity contribution is -0.359. The van der Waals surface area contributed by atoms with Gasteiger partial charge in [-0.15, -0.1) is 0 Å². The third kappa shape index (κ3) is 35.1. The predicted octanol–water partition coefficient (Wildman–Crippen LogP) is 11.4. The average Bonchev–Trinajstić information content (AvgIpc) is 3.46. The SMILES string of the molecule is CC/C=C\C/C=C\C/C=C\C/C=C\C/C=C\CC(=O)NC(COC1OC(CO)C(OC2OC(CO)C(O)C(O)C2O)C(O)C1O)C(O)/C=C/CC/C=C/CC/C=C/CCCCCCCCCCCCCCCCCCCCCCC. The molecule has 2 heterocycles. The molecule has 12 unspecified atom stereocenters. The van der Waals surface area contributed by atoms with Gasteiger partial charge in [-0.3, -0.25) is 4.79 Å². The summed E-state index contributed by atoms with van der Waals surface area (Å²) in [5.41, 5.74) is 0. The van der Waals surface area contributed by atoms with Gasteiger partial charge in [0, 0.05) is 6.42 Å². The molecule has 9 N–H and O–H groups in total. The number of carbonyl (C=O) groups is 1. The lowest BCUT2D eigenvalue weighted by Gasteiger charge is -2.46. The number of hydrogen-bond donors (Lipinski definition) is 9. The number of allylic oxidation sites excluding steroid dienone is 14. The summed E-state index contributed by atoms with van der Waals surface area (Å²) in [6, 6.07) is -0.999. The Balaban J connectivity index is 1.74. The molecule has 0 aromatic carbocycles. The average molecular weight is 1130 g/mol. The molecular formula is C66H113NO13. The molecule has 0 spiro atoms. The first kappa shape index (κ1) is 73.0. The Morgan fingerprint density at radius 1 is 0.463 bits per heavy atom. The van der Waals surface area contributed by atoms with Gasteiger partial charge >= 0.3 is 0 Å². The quantitative estimate of drug-likeness (QED) is 0.0204. The van der Waals surface area contributed by atoms with Crippen LogP contribution >= 0.6 is 0 Å². The third-order valence-corrected chi connectivity index (χ3v) is 14.8. The van der Waals surface area contributed by atoms with Crippen LogP contribution < -0.4 is 5.32 Å². The molecule has 0 aliphatic carbocycles. The van der Waals surface area contributed by atoms with E-state index in [-0.39, 0.29) is 18.9 Å². The molecular weight excluding hydrogens is 1010 g/mol. The second-order valence-electron chi connectivity index (χ2n) is 21.8. The Morgan fingerprint density at radius 3 is 1.35 bits per heavy atom. The Morgan fingerprint density at radius 2 is 0.875 bits per heavy atom. The lowest BCUT2D eigenvalue weighted by atomic mass is 9.97. The van der Waals surface area contributed by atoms with Gasteiger partial charge in [0.1, 0.15) is 48.8 Å². The van der Waals surface area contributed by atoms with Crippen LogP contribution in [0.4, 0.5) is 0 Å². The van der Waals surface area contributed by atoms with Crippen molar-refractivity contribution in [3.63, 3.8) is 0 Å². The van der Waals surface area contributed by atoms with Crippen molar-refractivity contribution in [3.8, 4) is 0 Å². The highest BCUT2D eigenvalue weighted by atomic mass is 16.7. The summed E-state index contributed by atoms with van der Waals surface area (Å²) in [7, 11) is 0. The summed E-state index contributed by atoms with van der Waals surface area (Å²) in [4.78, 5) is 13.2. The topological polar surface area (TPSA) is 228 Å². The molecule has 2 aliphatic rings. The van der Waals surface area contributed by atoms with E-state index in [0.717, 1.165) is 51.4 Å². The Hall–Kier alpha value is -3.09. The van der Waals surface area contributed by atoms with Crippen molar-refractivity contribution >= 4 is 5.91 Å². The monoisotopic (exact) mass is 1130 g/mol. The second-order valence-corrected chi connectivity index (χ2v) is 21.8. The summed E-state index contributed by atoms with van der Waals surface area (Å²) >= 11 is 0. The highest BCUT2D eigenvalue weighted by Gasteiger charge is 2.51. The normalized spacial score (nSPS) is 24.9. The number of nitrogens with one attached hydrogen (secondary N) is 1. The van der Waals surface area contributed by atoms with Crippen molar-refractivity contribution in [2.75, 3.05) is 19.8 Å². The Labute approximate surface area is 483 Å². The van der Waals surface area contributed by atoms with E-state index in [2.05, 4.69) is 86.0 Å². The molecule has 0 radical (unpaired) electrons. The fraction of sp³-hybridized carbons (Fsp3) is 0.742. The van der Waals surface area contributed by atoms with Crippen molar-refractivity contribution in [2.45, 2.75) is 293 Å².